The molecule has 1 N–H and O–H groups in total. The van der Waals surface area contributed by atoms with E-state index in [0.29, 0.717) is 0 Å². The van der Waals surface area contributed by atoms with Crippen LogP contribution in [0.4, 0.5) is 0 Å². The zero-order valence-corrected chi connectivity index (χ0v) is 18.2. The molecule has 2 aromatic heterocycles. The van der Waals surface area contributed by atoms with Gasteiger partial charge in [0.1, 0.15) is 0 Å². The number of nitrogens with zero attached hydrogens (tertiary/aromatic N) is 3. The van der Waals surface area contributed by atoms with E-state index < -0.39 is 0 Å². The van der Waals surface area contributed by atoms with Crippen molar-refractivity contribution in [1.29, 1.82) is 0 Å². The summed E-state index contributed by atoms with van der Waals surface area (Å²) in [5.74, 6) is 0. The largest absolute Gasteiger partial charge is 0.352 e. The molecule has 1 aliphatic rings. The lowest BCUT2D eigenvalue weighted by Gasteiger charge is -2.29. The normalized spacial score (nSPS) is 19.1. The van der Waals surface area contributed by atoms with E-state index in [0.717, 1.165) is 40.4 Å². The van der Waals surface area contributed by atoms with Crippen LogP contribution in [0.5, 0.6) is 0 Å². The van der Waals surface area contributed by atoms with Crippen LogP contribution in [0.2, 0.25) is 0 Å². The highest BCUT2D eigenvalue weighted by atomic mass is 79.9. The Morgan fingerprint density at radius 3 is 2.79 bits per heavy atom. The van der Waals surface area contributed by atoms with Gasteiger partial charge in [-0.15, -0.1) is 0 Å². The fourth-order valence-electron chi connectivity index (χ4n) is 3.79. The lowest BCUT2D eigenvalue weighted by molar-refractivity contribution is 0.304. The van der Waals surface area contributed by atoms with Crippen molar-refractivity contribution in [2.45, 2.75) is 31.8 Å². The van der Waals surface area contributed by atoms with Gasteiger partial charge in [-0.25, -0.2) is 0 Å². The molecule has 2 atom stereocenters. The second-order valence-corrected chi connectivity index (χ2v) is 8.26. The number of nitrogens with one attached hydrogen (secondary N) is 1. The highest BCUT2D eigenvalue weighted by Crippen LogP contribution is 2.39. The molecule has 4 nitrogen and oxygen atoms in total. The number of hydrogen-bond acceptors (Lipinski definition) is 2. The molecular weight excluding hydrogens is 432 g/mol. The monoisotopic (exact) mass is 454 g/mol. The molecule has 0 radical (unpaired) electrons. The van der Waals surface area contributed by atoms with E-state index in [9.17, 15) is 0 Å². The first kappa shape index (κ1) is 19.2. The first-order valence-electron chi connectivity index (χ1n) is 9.60. The Balaban J connectivity index is 1.79. The standard InChI is InChI=1S/C22H23BrN4S/c1-2-3-13-27-21(20(25-22(27)28)18-10-4-5-12-24-18)19-11-7-14-26(19)17-9-6-8-16(23)15-17/h4-12,14-15,20-21H,2-3,13H2,1H3,(H,25,28)/t20-,21-/m1/s1. The molecule has 28 heavy (non-hydrogen) atoms. The quantitative estimate of drug-likeness (QED) is 0.504. The molecule has 1 aromatic carbocycles. The Bertz CT molecular complexity index is 956. The summed E-state index contributed by atoms with van der Waals surface area (Å²) in [6.45, 7) is 3.14. The van der Waals surface area contributed by atoms with Gasteiger partial charge in [0.2, 0.25) is 0 Å². The molecule has 4 rings (SSSR count). The highest BCUT2D eigenvalue weighted by molar-refractivity contribution is 9.10. The first-order chi connectivity index (χ1) is 13.7. The molecule has 1 fully saturated rings. The van der Waals surface area contributed by atoms with Crippen LogP contribution < -0.4 is 5.32 Å². The summed E-state index contributed by atoms with van der Waals surface area (Å²) in [5, 5.41) is 4.33. The van der Waals surface area contributed by atoms with Crippen molar-refractivity contribution in [3.63, 3.8) is 0 Å². The Kier molecular flexibility index (Phi) is 5.78. The van der Waals surface area contributed by atoms with Crippen molar-refractivity contribution in [2.24, 2.45) is 0 Å². The summed E-state index contributed by atoms with van der Waals surface area (Å²) in [6, 6.07) is 18.8. The molecule has 3 heterocycles. The number of unbranched alkanes of at least 4 members (excludes halogenated alkanes) is 1. The summed E-state index contributed by atoms with van der Waals surface area (Å²) in [5.41, 5.74) is 3.34. The third kappa shape index (κ3) is 3.71. The minimum absolute atomic E-state index is 0.0198. The van der Waals surface area contributed by atoms with Crippen molar-refractivity contribution in [3.05, 3.63) is 82.9 Å². The highest BCUT2D eigenvalue weighted by Gasteiger charge is 2.40. The van der Waals surface area contributed by atoms with Gasteiger partial charge in [-0.05, 0) is 61.1 Å². The topological polar surface area (TPSA) is 33.1 Å². The van der Waals surface area contributed by atoms with Crippen LogP contribution in [0.25, 0.3) is 5.69 Å². The Labute approximate surface area is 179 Å². The summed E-state index contributed by atoms with van der Waals surface area (Å²) in [6.07, 6.45) is 6.20. The second-order valence-electron chi connectivity index (χ2n) is 6.96. The third-order valence-corrected chi connectivity index (χ3v) is 5.97. The number of pyridine rings is 1. The van der Waals surface area contributed by atoms with E-state index in [1.807, 2.05) is 24.4 Å². The summed E-state index contributed by atoms with van der Waals surface area (Å²) < 4.78 is 3.31. The molecule has 0 unspecified atom stereocenters. The van der Waals surface area contributed by atoms with Crippen LogP contribution in [0, 0.1) is 0 Å². The predicted molar refractivity (Wildman–Crippen MR) is 121 cm³/mol. The fraction of sp³-hybridized carbons (Fsp3) is 0.273. The minimum Gasteiger partial charge on any atom is -0.352 e. The van der Waals surface area contributed by atoms with Crippen molar-refractivity contribution in [2.75, 3.05) is 6.54 Å². The lowest BCUT2D eigenvalue weighted by Crippen LogP contribution is -2.31. The van der Waals surface area contributed by atoms with Gasteiger partial charge in [-0.1, -0.05) is 41.4 Å². The van der Waals surface area contributed by atoms with E-state index in [-0.39, 0.29) is 12.1 Å². The smallest absolute Gasteiger partial charge is 0.170 e. The van der Waals surface area contributed by atoms with Crippen LogP contribution in [0.3, 0.4) is 0 Å². The first-order valence-corrected chi connectivity index (χ1v) is 10.8. The average Bonchev–Trinajstić information content (AvgIpc) is 3.31. The van der Waals surface area contributed by atoms with Gasteiger partial charge in [0.25, 0.3) is 0 Å². The van der Waals surface area contributed by atoms with Gasteiger partial charge in [0, 0.05) is 34.8 Å². The van der Waals surface area contributed by atoms with Gasteiger partial charge in [0.15, 0.2) is 5.11 Å². The maximum absolute atomic E-state index is 5.73. The summed E-state index contributed by atoms with van der Waals surface area (Å²) in [4.78, 5) is 6.94. The number of thiocarbonyl (C=S) groups is 1. The molecule has 0 spiro atoms. The second kappa shape index (κ2) is 8.45. The van der Waals surface area contributed by atoms with E-state index >= 15 is 0 Å². The maximum atomic E-state index is 5.73. The van der Waals surface area contributed by atoms with E-state index in [1.165, 1.54) is 5.69 Å². The molecule has 6 heteroatoms. The van der Waals surface area contributed by atoms with Gasteiger partial charge < -0.3 is 14.8 Å². The van der Waals surface area contributed by atoms with Gasteiger partial charge in [0.05, 0.1) is 17.8 Å². The van der Waals surface area contributed by atoms with E-state index in [2.05, 4.69) is 85.2 Å². The molecular formula is C22H23BrN4S. The van der Waals surface area contributed by atoms with Crippen LogP contribution in [-0.4, -0.2) is 26.1 Å². The molecule has 0 amide bonds. The molecule has 0 aliphatic carbocycles. The van der Waals surface area contributed by atoms with Crippen LogP contribution >= 0.6 is 28.1 Å². The molecule has 0 bridgehead atoms. The molecule has 1 saturated heterocycles. The van der Waals surface area contributed by atoms with Gasteiger partial charge >= 0.3 is 0 Å². The van der Waals surface area contributed by atoms with Crippen LogP contribution in [0.1, 0.15) is 43.2 Å². The zero-order valence-electron chi connectivity index (χ0n) is 15.8. The van der Waals surface area contributed by atoms with Crippen molar-refractivity contribution in [1.82, 2.24) is 19.8 Å². The zero-order chi connectivity index (χ0) is 19.5. The molecule has 1 aliphatic heterocycles. The van der Waals surface area contributed by atoms with E-state index in [1.54, 1.807) is 0 Å². The van der Waals surface area contributed by atoms with Crippen LogP contribution in [-0.2, 0) is 0 Å². The van der Waals surface area contributed by atoms with Crippen molar-refractivity contribution < 1.29 is 0 Å². The Hall–Kier alpha value is -2.18. The summed E-state index contributed by atoms with van der Waals surface area (Å²) in [7, 11) is 0. The van der Waals surface area contributed by atoms with Gasteiger partial charge in [-0.3, -0.25) is 4.98 Å². The Morgan fingerprint density at radius 2 is 2.04 bits per heavy atom. The average molecular weight is 455 g/mol. The number of benzene rings is 1. The van der Waals surface area contributed by atoms with Crippen molar-refractivity contribution in [3.8, 4) is 5.69 Å². The molecule has 3 aromatic rings. The molecule has 0 saturated carbocycles. The van der Waals surface area contributed by atoms with Crippen molar-refractivity contribution >= 4 is 33.3 Å². The number of hydrogen-bond donors (Lipinski definition) is 1. The lowest BCUT2D eigenvalue weighted by atomic mass is 10.0. The van der Waals surface area contributed by atoms with E-state index in [4.69, 9.17) is 12.2 Å². The minimum atomic E-state index is 0.0198. The number of aromatic nitrogens is 2. The SMILES string of the molecule is CCCCN1C(=S)N[C@H](c2ccccn2)[C@H]1c1cccn1-c1cccc(Br)c1. The fourth-order valence-corrected chi connectivity index (χ4v) is 4.51. The number of halogens is 1. The molecule has 144 valence electrons. The summed E-state index contributed by atoms with van der Waals surface area (Å²) >= 11 is 9.33. The maximum Gasteiger partial charge on any atom is 0.170 e. The predicted octanol–water partition coefficient (Wildman–Crippen LogP) is 5.41. The van der Waals surface area contributed by atoms with Crippen LogP contribution in [0.15, 0.2) is 71.5 Å². The number of rotatable bonds is 6. The Morgan fingerprint density at radius 1 is 1.14 bits per heavy atom. The van der Waals surface area contributed by atoms with Gasteiger partial charge in [-0.2, -0.15) is 0 Å². The third-order valence-electron chi connectivity index (χ3n) is 5.12.